The van der Waals surface area contributed by atoms with Crippen LogP contribution in [-0.2, 0) is 32.7 Å². The third-order valence-electron chi connectivity index (χ3n) is 11.4. The molecule has 0 bridgehead atoms. The summed E-state index contributed by atoms with van der Waals surface area (Å²) in [6.07, 6.45) is 85.7. The Hall–Kier alpha value is -4.37. The van der Waals surface area contributed by atoms with E-state index in [1.807, 2.05) is 0 Å². The fourth-order valence-corrected chi connectivity index (χ4v) is 7.97. The average molecular weight is 1060 g/mol. The van der Waals surface area contributed by atoms with E-state index < -0.39 is 32.5 Å². The van der Waals surface area contributed by atoms with E-state index >= 15 is 0 Å². The van der Waals surface area contributed by atoms with Gasteiger partial charge in [0.15, 0.2) is 6.10 Å². The minimum atomic E-state index is -4.41. The number of hydrogen-bond donors (Lipinski definition) is 2. The first-order valence-electron chi connectivity index (χ1n) is 29.0. The van der Waals surface area contributed by atoms with Crippen LogP contribution in [0.2, 0.25) is 0 Å². The van der Waals surface area contributed by atoms with E-state index in [2.05, 4.69) is 172 Å². The third kappa shape index (κ3) is 58.7. The molecule has 0 aliphatic carbocycles. The lowest BCUT2D eigenvalue weighted by Crippen LogP contribution is -2.29. The number of phosphoric ester groups is 1. The molecule has 0 aliphatic rings. The number of carbonyl (C=O) groups is 2. The number of carbonyl (C=O) groups excluding carboxylic acids is 2. The fourth-order valence-electron chi connectivity index (χ4n) is 7.21. The van der Waals surface area contributed by atoms with Crippen LogP contribution in [0.1, 0.15) is 206 Å². The zero-order valence-electron chi connectivity index (χ0n) is 47.0. The van der Waals surface area contributed by atoms with Crippen molar-refractivity contribution < 1.29 is 37.6 Å². The van der Waals surface area contributed by atoms with Gasteiger partial charge in [0, 0.05) is 19.4 Å². The van der Waals surface area contributed by atoms with Crippen molar-refractivity contribution in [3.8, 4) is 0 Å². The summed E-state index contributed by atoms with van der Waals surface area (Å²) < 4.78 is 33.0. The number of hydrogen-bond acceptors (Lipinski definition) is 8. The highest BCUT2D eigenvalue weighted by Crippen LogP contribution is 2.43. The highest BCUT2D eigenvalue weighted by molar-refractivity contribution is 7.47. The van der Waals surface area contributed by atoms with Crippen LogP contribution < -0.4 is 5.73 Å². The summed E-state index contributed by atoms with van der Waals surface area (Å²) in [5, 5.41) is 0. The lowest BCUT2D eigenvalue weighted by molar-refractivity contribution is -0.161. The van der Waals surface area contributed by atoms with E-state index in [4.69, 9.17) is 24.3 Å². The maximum Gasteiger partial charge on any atom is 0.472 e. The first-order chi connectivity index (χ1) is 36.8. The molecule has 9 nitrogen and oxygen atoms in total. The van der Waals surface area contributed by atoms with Gasteiger partial charge in [-0.15, -0.1) is 0 Å². The number of esters is 2. The summed E-state index contributed by atoms with van der Waals surface area (Å²) in [5.41, 5.74) is 5.38. The molecule has 0 saturated heterocycles. The molecule has 2 unspecified atom stereocenters. The van der Waals surface area contributed by atoms with Gasteiger partial charge in [-0.2, -0.15) is 0 Å². The second-order valence-corrected chi connectivity index (χ2v) is 19.8. The van der Waals surface area contributed by atoms with E-state index in [0.717, 1.165) is 141 Å². The second-order valence-electron chi connectivity index (χ2n) is 18.4. The van der Waals surface area contributed by atoms with Gasteiger partial charge < -0.3 is 20.1 Å². The molecule has 0 rings (SSSR count). The molecule has 0 radical (unpaired) electrons. The number of unbranched alkanes of at least 4 members (excludes halogenated alkanes) is 13. The van der Waals surface area contributed by atoms with Crippen molar-refractivity contribution in [1.29, 1.82) is 0 Å². The molecule has 0 aromatic heterocycles. The van der Waals surface area contributed by atoms with Crippen LogP contribution in [0.15, 0.2) is 158 Å². The quantitative estimate of drug-likeness (QED) is 0.0264. The zero-order chi connectivity index (χ0) is 54.5. The van der Waals surface area contributed by atoms with Crippen LogP contribution in [0.25, 0.3) is 0 Å². The molecule has 0 heterocycles. The Kier molecular flexibility index (Phi) is 55.5. The molecule has 0 aromatic carbocycles. The molecule has 0 amide bonds. The lowest BCUT2D eigenvalue weighted by Gasteiger charge is -2.19. The summed E-state index contributed by atoms with van der Waals surface area (Å²) in [5.74, 6) is -0.873. The van der Waals surface area contributed by atoms with Crippen LogP contribution in [0.3, 0.4) is 0 Å². The monoisotopic (exact) mass is 1060 g/mol. The van der Waals surface area contributed by atoms with Crippen LogP contribution >= 0.6 is 7.82 Å². The maximum absolute atomic E-state index is 12.7. The summed E-state index contributed by atoms with van der Waals surface area (Å²) in [4.78, 5) is 35.2. The van der Waals surface area contributed by atoms with Crippen molar-refractivity contribution in [2.24, 2.45) is 5.73 Å². The van der Waals surface area contributed by atoms with E-state index in [1.54, 1.807) is 0 Å². The lowest BCUT2D eigenvalue weighted by atomic mass is 10.1. The summed E-state index contributed by atoms with van der Waals surface area (Å²) in [6, 6.07) is 0. The first kappa shape index (κ1) is 70.6. The first-order valence-corrected chi connectivity index (χ1v) is 30.5. The summed E-state index contributed by atoms with van der Waals surface area (Å²) >= 11 is 0. The smallest absolute Gasteiger partial charge is 0.462 e. The largest absolute Gasteiger partial charge is 0.472 e. The van der Waals surface area contributed by atoms with Gasteiger partial charge >= 0.3 is 19.8 Å². The van der Waals surface area contributed by atoms with Crippen molar-refractivity contribution in [1.82, 2.24) is 0 Å². The van der Waals surface area contributed by atoms with Crippen molar-refractivity contribution in [2.45, 2.75) is 213 Å². The molecule has 10 heteroatoms. The molecular formula is C65H104NO8P. The van der Waals surface area contributed by atoms with Crippen molar-refractivity contribution in [3.05, 3.63) is 158 Å². The van der Waals surface area contributed by atoms with Crippen LogP contribution in [-0.4, -0.2) is 49.3 Å². The van der Waals surface area contributed by atoms with Gasteiger partial charge in [0.2, 0.25) is 0 Å². The molecular weight excluding hydrogens is 954 g/mol. The number of ether oxygens (including phenoxy) is 2. The highest BCUT2D eigenvalue weighted by Gasteiger charge is 2.26. The number of nitrogens with two attached hydrogens (primary N) is 1. The third-order valence-corrected chi connectivity index (χ3v) is 12.4. The van der Waals surface area contributed by atoms with Gasteiger partial charge in [0.25, 0.3) is 0 Å². The van der Waals surface area contributed by atoms with Gasteiger partial charge in [0.1, 0.15) is 6.61 Å². The molecule has 0 spiro atoms. The maximum atomic E-state index is 12.7. The Bertz CT molecular complexity index is 1780. The minimum Gasteiger partial charge on any atom is -0.462 e. The predicted octanol–water partition coefficient (Wildman–Crippen LogP) is 18.5. The molecule has 422 valence electrons. The second kappa shape index (κ2) is 58.9. The van der Waals surface area contributed by atoms with Crippen molar-refractivity contribution in [3.63, 3.8) is 0 Å². The molecule has 0 aliphatic heterocycles. The van der Waals surface area contributed by atoms with Gasteiger partial charge in [-0.25, -0.2) is 4.57 Å². The van der Waals surface area contributed by atoms with E-state index in [9.17, 15) is 19.0 Å². The number of rotatable bonds is 52. The van der Waals surface area contributed by atoms with E-state index in [0.29, 0.717) is 12.8 Å². The van der Waals surface area contributed by atoms with Gasteiger partial charge in [-0.1, -0.05) is 230 Å². The Morgan fingerprint density at radius 3 is 1.03 bits per heavy atom. The van der Waals surface area contributed by atoms with Gasteiger partial charge in [-0.05, 0) is 122 Å². The Labute approximate surface area is 458 Å². The Morgan fingerprint density at radius 1 is 0.400 bits per heavy atom. The minimum absolute atomic E-state index is 0.0391. The van der Waals surface area contributed by atoms with Crippen LogP contribution in [0.4, 0.5) is 0 Å². The molecule has 0 fully saturated rings. The number of phosphoric acid groups is 1. The van der Waals surface area contributed by atoms with Gasteiger partial charge in [-0.3, -0.25) is 18.6 Å². The normalized spacial score (nSPS) is 14.2. The topological polar surface area (TPSA) is 134 Å². The molecule has 2 atom stereocenters. The van der Waals surface area contributed by atoms with Crippen molar-refractivity contribution >= 4 is 19.8 Å². The molecule has 75 heavy (non-hydrogen) atoms. The predicted molar refractivity (Wildman–Crippen MR) is 320 cm³/mol. The Balaban J connectivity index is 4.12. The molecule has 3 N–H and O–H groups in total. The number of allylic oxidation sites excluding steroid dienone is 26. The fraction of sp³-hybridized carbons (Fsp3) is 0.569. The summed E-state index contributed by atoms with van der Waals surface area (Å²) in [7, 11) is -4.41. The van der Waals surface area contributed by atoms with Crippen LogP contribution in [0.5, 0.6) is 0 Å². The van der Waals surface area contributed by atoms with E-state index in [-0.39, 0.29) is 32.6 Å². The standard InChI is InChI=1S/C65H104NO8P/c1-3-5-7-9-11-13-15-17-19-21-23-25-27-29-31-33-35-37-39-41-43-45-47-49-51-53-55-57-64(67)71-61-63(62-73-75(69,70)72-60-59-66)74-65(68)58-56-54-52-50-48-46-44-42-40-38-36-34-32-30-28-26-24-22-20-18-16-14-12-10-8-6-4-2/h5-8,11-14,17-20,23-26,29-32,35-38,42,44,63H,3-4,9-10,15-16,21-22,27-28,33-34,39-41,43,45-62,66H2,1-2H3,(H,69,70)/b7-5-,8-6-,13-11-,14-12-,19-17-,20-18-,25-23-,26-24-,31-29-,32-30-,37-35-,38-36-,44-42-. The molecule has 0 saturated carbocycles. The average Bonchev–Trinajstić information content (AvgIpc) is 3.40. The highest BCUT2D eigenvalue weighted by atomic mass is 31.2. The summed E-state index contributed by atoms with van der Waals surface area (Å²) in [6.45, 7) is 3.46. The van der Waals surface area contributed by atoms with Gasteiger partial charge in [0.05, 0.1) is 13.2 Å². The van der Waals surface area contributed by atoms with E-state index in [1.165, 1.54) is 25.7 Å². The SMILES string of the molecule is CC/C=C\C/C=C\C/C=C\C/C=C\C/C=C\C/C=C\C/C=C\CCCCCCCC(=O)OC(COC(=O)CCCCCCCCCC/C=C\C/C=C\C/C=C\C/C=C\C/C=C\C/C=C\CC)COP(=O)(O)OCCN. The van der Waals surface area contributed by atoms with Crippen LogP contribution in [0, 0.1) is 0 Å². The van der Waals surface area contributed by atoms with Crippen molar-refractivity contribution in [2.75, 3.05) is 26.4 Å². The Morgan fingerprint density at radius 2 is 0.693 bits per heavy atom. The zero-order valence-corrected chi connectivity index (χ0v) is 47.9. The molecule has 0 aromatic rings.